The fraction of sp³-hybridized carbons (Fsp3) is 0.947. The molecule has 0 aromatic heterocycles. The highest BCUT2D eigenvalue weighted by Gasteiger charge is 2.47. The minimum absolute atomic E-state index is 0.0584. The van der Waals surface area contributed by atoms with Crippen molar-refractivity contribution in [1.29, 1.82) is 0 Å². The number of carbonyl (C=O) groups excluding carboxylic acids is 1. The van der Waals surface area contributed by atoms with E-state index < -0.39 is 44.1 Å². The standard InChI is InChI=1S/C19H35O9P/c1-10(2)24-9-14-15(7-12(5)17(14)20)27-29(22,23)28-19(21)18-16(25-11(3)4)8-13(6)26-18/h10-18,20H,7-9H2,1-6H3,(H,22,23). The maximum Gasteiger partial charge on any atom is 0.529 e. The van der Waals surface area contributed by atoms with Crippen LogP contribution in [0.15, 0.2) is 0 Å². The highest BCUT2D eigenvalue weighted by atomic mass is 31.2. The zero-order valence-electron chi connectivity index (χ0n) is 18.0. The van der Waals surface area contributed by atoms with E-state index in [4.69, 9.17) is 23.3 Å². The molecule has 2 fully saturated rings. The van der Waals surface area contributed by atoms with Crippen LogP contribution in [0.25, 0.3) is 0 Å². The summed E-state index contributed by atoms with van der Waals surface area (Å²) in [7, 11) is -4.72. The number of aliphatic hydroxyl groups is 1. The molecule has 29 heavy (non-hydrogen) atoms. The molecule has 1 heterocycles. The number of hydrogen-bond acceptors (Lipinski definition) is 8. The fourth-order valence-corrected chi connectivity index (χ4v) is 4.80. The summed E-state index contributed by atoms with van der Waals surface area (Å²) in [6, 6.07) is 0. The van der Waals surface area contributed by atoms with E-state index in [0.29, 0.717) is 12.8 Å². The third-order valence-corrected chi connectivity index (χ3v) is 6.11. The molecule has 9 nitrogen and oxygen atoms in total. The topological polar surface area (TPSA) is 121 Å². The number of phosphoric ester groups is 1. The lowest BCUT2D eigenvalue weighted by molar-refractivity contribution is -0.155. The van der Waals surface area contributed by atoms with Crippen LogP contribution >= 0.6 is 7.82 Å². The van der Waals surface area contributed by atoms with Crippen molar-refractivity contribution >= 4 is 13.8 Å². The van der Waals surface area contributed by atoms with E-state index in [1.807, 2.05) is 34.6 Å². The predicted octanol–water partition coefficient (Wildman–Crippen LogP) is 2.43. The minimum atomic E-state index is -4.72. The van der Waals surface area contributed by atoms with E-state index in [9.17, 15) is 19.4 Å². The number of hydrogen-bond donors (Lipinski definition) is 2. The summed E-state index contributed by atoms with van der Waals surface area (Å²) in [5, 5.41) is 10.4. The first-order valence-corrected chi connectivity index (χ1v) is 11.7. The van der Waals surface area contributed by atoms with Gasteiger partial charge in [-0.2, -0.15) is 0 Å². The molecular weight excluding hydrogens is 403 g/mol. The van der Waals surface area contributed by atoms with Crippen LogP contribution in [0, 0.1) is 11.8 Å². The van der Waals surface area contributed by atoms with Gasteiger partial charge in [0.2, 0.25) is 0 Å². The van der Waals surface area contributed by atoms with Gasteiger partial charge >= 0.3 is 13.8 Å². The molecular formula is C19H35O9P. The average molecular weight is 438 g/mol. The lowest BCUT2D eigenvalue weighted by atomic mass is 10.0. The summed E-state index contributed by atoms with van der Waals surface area (Å²) >= 11 is 0. The highest BCUT2D eigenvalue weighted by Crippen LogP contribution is 2.50. The monoisotopic (exact) mass is 438 g/mol. The lowest BCUT2D eigenvalue weighted by Crippen LogP contribution is -2.36. The first-order chi connectivity index (χ1) is 13.4. The third kappa shape index (κ3) is 6.99. The Morgan fingerprint density at radius 1 is 1.14 bits per heavy atom. The van der Waals surface area contributed by atoms with Gasteiger partial charge in [-0.15, -0.1) is 0 Å². The molecule has 2 N–H and O–H groups in total. The van der Waals surface area contributed by atoms with Crippen molar-refractivity contribution in [2.75, 3.05) is 6.61 Å². The van der Waals surface area contributed by atoms with Crippen molar-refractivity contribution in [2.45, 2.75) is 97.1 Å². The molecule has 0 aromatic carbocycles. The maximum absolute atomic E-state index is 12.5. The Labute approximate surface area is 172 Å². The second-order valence-electron chi connectivity index (χ2n) is 8.60. The number of carbonyl (C=O) groups is 1. The van der Waals surface area contributed by atoms with Gasteiger partial charge in [-0.3, -0.25) is 9.42 Å². The number of phosphoric acid groups is 1. The Balaban J connectivity index is 2.00. The Bertz CT molecular complexity index is 596. The first-order valence-electron chi connectivity index (χ1n) is 10.2. The SMILES string of the molecule is CC(C)OCC1C(OP(=O)(O)OC(=O)C2OC(C)CC2OC(C)C)CC(C)C1O. The summed E-state index contributed by atoms with van der Waals surface area (Å²) in [5.74, 6) is -1.63. The van der Waals surface area contributed by atoms with E-state index in [-0.39, 0.29) is 30.8 Å². The van der Waals surface area contributed by atoms with E-state index >= 15 is 0 Å². The molecule has 8 atom stereocenters. The summed E-state index contributed by atoms with van der Waals surface area (Å²) in [4.78, 5) is 22.7. The Morgan fingerprint density at radius 2 is 1.79 bits per heavy atom. The quantitative estimate of drug-likeness (QED) is 0.523. The molecule has 170 valence electrons. The van der Waals surface area contributed by atoms with Crippen LogP contribution in [0.2, 0.25) is 0 Å². The van der Waals surface area contributed by atoms with Gasteiger partial charge in [-0.05, 0) is 47.0 Å². The predicted molar refractivity (Wildman–Crippen MR) is 104 cm³/mol. The smallest absolute Gasteiger partial charge is 0.392 e. The molecule has 0 spiro atoms. The molecule has 1 saturated carbocycles. The largest absolute Gasteiger partial charge is 0.529 e. The molecule has 1 saturated heterocycles. The van der Waals surface area contributed by atoms with Gasteiger partial charge in [0.25, 0.3) is 0 Å². The van der Waals surface area contributed by atoms with Crippen LogP contribution in [0.5, 0.6) is 0 Å². The van der Waals surface area contributed by atoms with Gasteiger partial charge in [0, 0.05) is 12.3 Å². The van der Waals surface area contributed by atoms with Gasteiger partial charge in [-0.1, -0.05) is 6.92 Å². The zero-order chi connectivity index (χ0) is 21.9. The van der Waals surface area contributed by atoms with E-state index in [1.165, 1.54) is 0 Å². The van der Waals surface area contributed by atoms with Crippen LogP contribution in [-0.2, 0) is 32.6 Å². The second-order valence-corrected chi connectivity index (χ2v) is 9.93. The lowest BCUT2D eigenvalue weighted by Gasteiger charge is -2.25. The molecule has 2 aliphatic rings. The van der Waals surface area contributed by atoms with Crippen LogP contribution < -0.4 is 0 Å². The summed E-state index contributed by atoms with van der Waals surface area (Å²) in [6.45, 7) is 11.2. The van der Waals surface area contributed by atoms with Crippen molar-refractivity contribution in [3.8, 4) is 0 Å². The van der Waals surface area contributed by atoms with Gasteiger partial charge in [0.05, 0.1) is 43.2 Å². The van der Waals surface area contributed by atoms with Crippen LogP contribution in [-0.4, -0.2) is 65.3 Å². The molecule has 0 radical (unpaired) electrons. The molecule has 0 amide bonds. The van der Waals surface area contributed by atoms with Crippen molar-refractivity contribution in [2.24, 2.45) is 11.8 Å². The van der Waals surface area contributed by atoms with Crippen LogP contribution in [0.3, 0.4) is 0 Å². The van der Waals surface area contributed by atoms with Crippen LogP contribution in [0.4, 0.5) is 0 Å². The summed E-state index contributed by atoms with van der Waals surface area (Å²) < 4.78 is 39.4. The van der Waals surface area contributed by atoms with Gasteiger partial charge in [0.15, 0.2) is 6.10 Å². The van der Waals surface area contributed by atoms with Crippen molar-refractivity contribution in [3.63, 3.8) is 0 Å². The number of ether oxygens (including phenoxy) is 3. The van der Waals surface area contributed by atoms with Crippen LogP contribution in [0.1, 0.15) is 54.4 Å². The van der Waals surface area contributed by atoms with Gasteiger partial charge in [-0.25, -0.2) is 9.36 Å². The molecule has 0 aromatic rings. The second kappa shape index (κ2) is 10.2. The highest BCUT2D eigenvalue weighted by molar-refractivity contribution is 7.48. The summed E-state index contributed by atoms with van der Waals surface area (Å²) in [6.07, 6.45) is -2.76. The van der Waals surface area contributed by atoms with Crippen molar-refractivity contribution in [1.82, 2.24) is 0 Å². The summed E-state index contributed by atoms with van der Waals surface area (Å²) in [5.41, 5.74) is 0. The zero-order valence-corrected chi connectivity index (χ0v) is 18.9. The third-order valence-electron chi connectivity index (χ3n) is 5.16. The molecule has 1 aliphatic carbocycles. The maximum atomic E-state index is 12.5. The number of rotatable bonds is 9. The van der Waals surface area contributed by atoms with Crippen molar-refractivity contribution < 1.29 is 42.6 Å². The molecule has 2 rings (SSSR count). The van der Waals surface area contributed by atoms with E-state index in [2.05, 4.69) is 0 Å². The first kappa shape index (κ1) is 24.7. The fourth-order valence-electron chi connectivity index (χ4n) is 3.84. The van der Waals surface area contributed by atoms with Gasteiger partial charge < -0.3 is 23.8 Å². The van der Waals surface area contributed by atoms with E-state index in [1.54, 1.807) is 6.92 Å². The normalized spacial score (nSPS) is 37.2. The Kier molecular flexibility index (Phi) is 8.68. The van der Waals surface area contributed by atoms with E-state index in [0.717, 1.165) is 0 Å². The minimum Gasteiger partial charge on any atom is -0.392 e. The van der Waals surface area contributed by atoms with Gasteiger partial charge in [0.1, 0.15) is 0 Å². The average Bonchev–Trinajstić information content (AvgIpc) is 3.04. The number of aliphatic hydroxyl groups excluding tert-OH is 1. The Hall–Kier alpha value is -0.540. The molecule has 0 bridgehead atoms. The Morgan fingerprint density at radius 3 is 2.38 bits per heavy atom. The molecule has 8 unspecified atom stereocenters. The molecule has 1 aliphatic heterocycles. The van der Waals surface area contributed by atoms with Crippen molar-refractivity contribution in [3.05, 3.63) is 0 Å². The molecule has 10 heteroatoms.